The summed E-state index contributed by atoms with van der Waals surface area (Å²) in [4.78, 5) is 14.7. The molecule has 0 saturated carbocycles. The van der Waals surface area contributed by atoms with Crippen LogP contribution in [-0.4, -0.2) is 5.91 Å². The van der Waals surface area contributed by atoms with E-state index in [0.717, 1.165) is 5.69 Å². The second-order valence-corrected chi connectivity index (χ2v) is 6.24. The molecule has 5 heteroatoms. The Balaban J connectivity index is 1.87. The molecule has 3 nitrogen and oxygen atoms in total. The lowest BCUT2D eigenvalue weighted by atomic mass is 10.0. The zero-order valence-electron chi connectivity index (χ0n) is 13.1. The fourth-order valence-electron chi connectivity index (χ4n) is 3.03. The Labute approximate surface area is 149 Å². The highest BCUT2D eigenvalue weighted by molar-refractivity contribution is 6.30. The number of para-hydroxylation sites is 1. The molecular weight excluding hydrogens is 339 g/mol. The summed E-state index contributed by atoms with van der Waals surface area (Å²) in [6.07, 6.45) is -0.515. The second kappa shape index (κ2) is 6.22. The number of benzene rings is 3. The van der Waals surface area contributed by atoms with Crippen molar-refractivity contribution in [3.05, 3.63) is 94.8 Å². The van der Waals surface area contributed by atoms with Crippen LogP contribution in [0.2, 0.25) is 5.02 Å². The zero-order chi connectivity index (χ0) is 17.4. The summed E-state index contributed by atoms with van der Waals surface area (Å²) < 4.78 is 13.7. The third-order valence-corrected chi connectivity index (χ3v) is 4.45. The maximum atomic E-state index is 13.7. The average Bonchev–Trinajstić information content (AvgIpc) is 2.63. The Kier molecular flexibility index (Phi) is 3.90. The largest absolute Gasteiger partial charge is 0.360 e. The first kappa shape index (κ1) is 15.7. The Morgan fingerprint density at radius 2 is 1.72 bits per heavy atom. The number of hydrogen-bond acceptors (Lipinski definition) is 2. The minimum Gasteiger partial charge on any atom is -0.360 e. The Morgan fingerprint density at radius 1 is 0.960 bits per heavy atom. The number of nitrogens with zero attached hydrogens (tertiary/aromatic N) is 1. The first-order valence-corrected chi connectivity index (χ1v) is 8.21. The van der Waals surface area contributed by atoms with Crippen molar-refractivity contribution in [2.24, 2.45) is 0 Å². The van der Waals surface area contributed by atoms with E-state index in [-0.39, 0.29) is 11.7 Å². The molecule has 0 radical (unpaired) electrons. The minimum absolute atomic E-state index is 0.147. The van der Waals surface area contributed by atoms with Crippen LogP contribution in [0.3, 0.4) is 0 Å². The van der Waals surface area contributed by atoms with Crippen molar-refractivity contribution in [1.82, 2.24) is 0 Å². The lowest BCUT2D eigenvalue weighted by molar-refractivity contribution is 0.0975. The fourth-order valence-corrected chi connectivity index (χ4v) is 3.16. The normalized spacial score (nSPS) is 16.3. The van der Waals surface area contributed by atoms with E-state index in [1.807, 2.05) is 18.2 Å². The molecule has 0 unspecified atom stereocenters. The van der Waals surface area contributed by atoms with Crippen LogP contribution in [0.15, 0.2) is 72.8 Å². The Morgan fingerprint density at radius 3 is 2.48 bits per heavy atom. The van der Waals surface area contributed by atoms with Crippen molar-refractivity contribution in [3.63, 3.8) is 0 Å². The summed E-state index contributed by atoms with van der Waals surface area (Å²) >= 11 is 5.97. The van der Waals surface area contributed by atoms with Gasteiger partial charge in [0, 0.05) is 16.4 Å². The highest BCUT2D eigenvalue weighted by Crippen LogP contribution is 2.36. The second-order valence-electron chi connectivity index (χ2n) is 5.80. The summed E-state index contributed by atoms with van der Waals surface area (Å²) in [5.74, 6) is -0.493. The molecule has 1 amide bonds. The molecule has 1 atom stereocenters. The molecule has 0 fully saturated rings. The van der Waals surface area contributed by atoms with Gasteiger partial charge in [0.25, 0.3) is 5.91 Å². The predicted molar refractivity (Wildman–Crippen MR) is 97.5 cm³/mol. The van der Waals surface area contributed by atoms with E-state index in [9.17, 15) is 9.18 Å². The molecule has 4 rings (SSSR count). The minimum atomic E-state index is -0.515. The smallest absolute Gasteiger partial charge is 0.262 e. The highest BCUT2D eigenvalue weighted by atomic mass is 35.5. The van der Waals surface area contributed by atoms with Crippen molar-refractivity contribution in [3.8, 4) is 0 Å². The number of rotatable bonds is 2. The Bertz CT molecular complexity index is 942. The number of hydrogen-bond donors (Lipinski definition) is 1. The summed E-state index contributed by atoms with van der Waals surface area (Å²) in [7, 11) is 0. The molecule has 1 aliphatic heterocycles. The number of anilines is 2. The van der Waals surface area contributed by atoms with Gasteiger partial charge in [0.1, 0.15) is 12.0 Å². The molecule has 1 heterocycles. The SMILES string of the molecule is O=C1c2ccccc2N[C@@H](c2cccc(F)c2)N1c1ccc(Cl)cc1. The van der Waals surface area contributed by atoms with Crippen LogP contribution in [0.4, 0.5) is 15.8 Å². The first-order valence-electron chi connectivity index (χ1n) is 7.83. The average molecular weight is 353 g/mol. The van der Waals surface area contributed by atoms with Crippen molar-refractivity contribution in [2.45, 2.75) is 6.17 Å². The maximum Gasteiger partial charge on any atom is 0.262 e. The number of fused-ring (bicyclic) bond motifs is 1. The summed E-state index contributed by atoms with van der Waals surface area (Å²) in [6.45, 7) is 0. The molecule has 0 aromatic heterocycles. The molecule has 3 aromatic rings. The van der Waals surface area contributed by atoms with Gasteiger partial charge in [-0.3, -0.25) is 9.69 Å². The highest BCUT2D eigenvalue weighted by Gasteiger charge is 2.34. The van der Waals surface area contributed by atoms with E-state index in [1.165, 1.54) is 12.1 Å². The van der Waals surface area contributed by atoms with Gasteiger partial charge in [-0.25, -0.2) is 4.39 Å². The lowest BCUT2D eigenvalue weighted by Crippen LogP contribution is -2.43. The van der Waals surface area contributed by atoms with Crippen molar-refractivity contribution in [2.75, 3.05) is 10.2 Å². The lowest BCUT2D eigenvalue weighted by Gasteiger charge is -2.38. The van der Waals surface area contributed by atoms with Gasteiger partial charge < -0.3 is 5.32 Å². The van der Waals surface area contributed by atoms with Gasteiger partial charge in [0.15, 0.2) is 0 Å². The number of carbonyl (C=O) groups is 1. The zero-order valence-corrected chi connectivity index (χ0v) is 13.9. The van der Waals surface area contributed by atoms with Crippen LogP contribution in [0.5, 0.6) is 0 Å². The molecule has 0 bridgehead atoms. The summed E-state index contributed by atoms with van der Waals surface area (Å²) in [6, 6.07) is 20.6. The van der Waals surface area contributed by atoms with Crippen molar-refractivity contribution in [1.29, 1.82) is 0 Å². The third kappa shape index (κ3) is 2.85. The standard InChI is InChI=1S/C20H14ClFN2O/c21-14-8-10-16(11-9-14)24-19(13-4-3-5-15(22)12-13)23-18-7-2-1-6-17(18)20(24)25/h1-12,19,23H/t19-/m1/s1. The number of nitrogens with one attached hydrogen (secondary N) is 1. The van der Waals surface area contributed by atoms with Gasteiger partial charge in [-0.15, -0.1) is 0 Å². The number of amides is 1. The van der Waals surface area contributed by atoms with E-state index < -0.39 is 6.17 Å². The van der Waals surface area contributed by atoms with Gasteiger partial charge in [-0.1, -0.05) is 35.9 Å². The molecule has 1 N–H and O–H groups in total. The van der Waals surface area contributed by atoms with Crippen LogP contribution < -0.4 is 10.2 Å². The molecule has 1 aliphatic rings. The molecule has 0 aliphatic carbocycles. The van der Waals surface area contributed by atoms with Crippen LogP contribution >= 0.6 is 11.6 Å². The van der Waals surface area contributed by atoms with Crippen LogP contribution in [0.25, 0.3) is 0 Å². The predicted octanol–water partition coefficient (Wildman–Crippen LogP) is 5.25. The van der Waals surface area contributed by atoms with Crippen LogP contribution in [0, 0.1) is 5.82 Å². The first-order chi connectivity index (χ1) is 12.1. The quantitative estimate of drug-likeness (QED) is 0.683. The van der Waals surface area contributed by atoms with E-state index in [1.54, 1.807) is 47.4 Å². The van der Waals surface area contributed by atoms with E-state index in [0.29, 0.717) is 21.8 Å². The summed E-state index contributed by atoms with van der Waals surface area (Å²) in [5, 5.41) is 3.93. The molecule has 0 spiro atoms. The maximum absolute atomic E-state index is 13.7. The molecule has 3 aromatic carbocycles. The Hall–Kier alpha value is -2.85. The third-order valence-electron chi connectivity index (χ3n) is 4.20. The number of halogens is 2. The topological polar surface area (TPSA) is 32.3 Å². The fraction of sp³-hybridized carbons (Fsp3) is 0.0500. The molecule has 124 valence electrons. The van der Waals surface area contributed by atoms with E-state index in [4.69, 9.17) is 11.6 Å². The van der Waals surface area contributed by atoms with Gasteiger partial charge in [0.05, 0.1) is 5.56 Å². The monoisotopic (exact) mass is 352 g/mol. The molecular formula is C20H14ClFN2O. The van der Waals surface area contributed by atoms with Crippen molar-refractivity contribution < 1.29 is 9.18 Å². The van der Waals surface area contributed by atoms with Crippen LogP contribution in [-0.2, 0) is 0 Å². The van der Waals surface area contributed by atoms with E-state index >= 15 is 0 Å². The van der Waals surface area contributed by atoms with Gasteiger partial charge in [-0.2, -0.15) is 0 Å². The summed E-state index contributed by atoms with van der Waals surface area (Å²) in [5.41, 5.74) is 2.65. The number of carbonyl (C=O) groups excluding carboxylic acids is 1. The van der Waals surface area contributed by atoms with Crippen LogP contribution in [0.1, 0.15) is 22.1 Å². The van der Waals surface area contributed by atoms with Gasteiger partial charge in [-0.05, 0) is 54.1 Å². The van der Waals surface area contributed by atoms with Gasteiger partial charge >= 0.3 is 0 Å². The van der Waals surface area contributed by atoms with E-state index in [2.05, 4.69) is 5.32 Å². The van der Waals surface area contributed by atoms with Gasteiger partial charge in [0.2, 0.25) is 0 Å². The van der Waals surface area contributed by atoms with Crippen molar-refractivity contribution >= 4 is 28.9 Å². The molecule has 0 saturated heterocycles. The molecule has 25 heavy (non-hydrogen) atoms.